The van der Waals surface area contributed by atoms with Crippen LogP contribution < -0.4 is 10.2 Å². The molecule has 0 bridgehead atoms. The molecular formula is C27H23FN4O2. The summed E-state index contributed by atoms with van der Waals surface area (Å²) in [6, 6.07) is 21.0. The lowest BCUT2D eigenvalue weighted by atomic mass is 9.98. The molecule has 0 aliphatic rings. The number of aliphatic carboxylic acids is 1. The van der Waals surface area contributed by atoms with Crippen LogP contribution in [0.3, 0.4) is 0 Å². The summed E-state index contributed by atoms with van der Waals surface area (Å²) in [5.74, 6) is -1.59. The molecule has 0 aliphatic heterocycles. The zero-order valence-electron chi connectivity index (χ0n) is 19.0. The first-order chi connectivity index (χ1) is 16.3. The fourth-order valence-electron chi connectivity index (χ4n) is 3.75. The molecular weight excluding hydrogens is 431 g/mol. The quantitative estimate of drug-likeness (QED) is 0.398. The Balaban J connectivity index is 1.81. The second kappa shape index (κ2) is 9.20. The average Bonchev–Trinajstić information content (AvgIpc) is 2.84. The molecule has 1 heterocycles. The number of carboxylic acid groups (broad SMARTS) is 1. The van der Waals surface area contributed by atoms with E-state index in [1.165, 1.54) is 25.1 Å². The number of pyridine rings is 1. The van der Waals surface area contributed by atoms with E-state index >= 15 is 0 Å². The SMILES string of the molecule is CC(Nc1c(C#N)c(-c2ccc(-c3ccc(N(C)C)cc3)cc2)nc2ccc(F)cc12)C(=O)O. The third kappa shape index (κ3) is 4.39. The number of carboxylic acids is 1. The Morgan fingerprint density at radius 1 is 1.03 bits per heavy atom. The highest BCUT2D eigenvalue weighted by Crippen LogP contribution is 2.35. The molecule has 0 saturated carbocycles. The minimum Gasteiger partial charge on any atom is -0.480 e. The third-order valence-corrected chi connectivity index (χ3v) is 5.67. The summed E-state index contributed by atoms with van der Waals surface area (Å²) >= 11 is 0. The molecule has 3 aromatic carbocycles. The maximum Gasteiger partial charge on any atom is 0.325 e. The Hall–Kier alpha value is -4.44. The fourth-order valence-corrected chi connectivity index (χ4v) is 3.75. The molecule has 2 N–H and O–H groups in total. The van der Waals surface area contributed by atoms with Gasteiger partial charge < -0.3 is 15.3 Å². The van der Waals surface area contributed by atoms with Crippen molar-refractivity contribution in [3.63, 3.8) is 0 Å². The van der Waals surface area contributed by atoms with Crippen LogP contribution in [0.2, 0.25) is 0 Å². The molecule has 0 amide bonds. The summed E-state index contributed by atoms with van der Waals surface area (Å²) < 4.78 is 14.0. The van der Waals surface area contributed by atoms with E-state index in [-0.39, 0.29) is 11.3 Å². The minimum absolute atomic E-state index is 0.161. The lowest BCUT2D eigenvalue weighted by Gasteiger charge is -2.17. The van der Waals surface area contributed by atoms with Crippen LogP contribution in [0.25, 0.3) is 33.3 Å². The van der Waals surface area contributed by atoms with E-state index < -0.39 is 17.8 Å². The number of nitrogens with one attached hydrogen (secondary N) is 1. The zero-order chi connectivity index (χ0) is 24.4. The van der Waals surface area contributed by atoms with Gasteiger partial charge in [-0.2, -0.15) is 5.26 Å². The molecule has 0 fully saturated rings. The number of aromatic nitrogens is 1. The van der Waals surface area contributed by atoms with Gasteiger partial charge in [0, 0.05) is 30.7 Å². The minimum atomic E-state index is -1.09. The van der Waals surface area contributed by atoms with Crippen molar-refractivity contribution in [3.05, 3.63) is 78.1 Å². The number of halogens is 1. The number of hydrogen-bond acceptors (Lipinski definition) is 5. The summed E-state index contributed by atoms with van der Waals surface area (Å²) in [4.78, 5) is 18.1. The number of hydrogen-bond donors (Lipinski definition) is 2. The van der Waals surface area contributed by atoms with Crippen LogP contribution >= 0.6 is 0 Å². The molecule has 0 aliphatic carbocycles. The van der Waals surface area contributed by atoms with E-state index in [4.69, 9.17) is 0 Å². The van der Waals surface area contributed by atoms with Gasteiger partial charge in [-0.25, -0.2) is 9.37 Å². The summed E-state index contributed by atoms with van der Waals surface area (Å²) in [6.45, 7) is 1.46. The van der Waals surface area contributed by atoms with E-state index in [0.717, 1.165) is 16.8 Å². The van der Waals surface area contributed by atoms with Crippen LogP contribution in [0.15, 0.2) is 66.7 Å². The smallest absolute Gasteiger partial charge is 0.325 e. The molecule has 1 atom stereocenters. The number of anilines is 2. The Bertz CT molecular complexity index is 1410. The second-order valence-electron chi connectivity index (χ2n) is 8.21. The maximum atomic E-state index is 14.0. The Labute approximate surface area is 196 Å². The van der Waals surface area contributed by atoms with Gasteiger partial charge in [-0.3, -0.25) is 4.79 Å². The van der Waals surface area contributed by atoms with Crippen molar-refractivity contribution in [1.29, 1.82) is 5.26 Å². The number of nitriles is 1. The van der Waals surface area contributed by atoms with Crippen molar-refractivity contribution in [2.75, 3.05) is 24.3 Å². The van der Waals surface area contributed by atoms with Gasteiger partial charge in [-0.05, 0) is 48.4 Å². The van der Waals surface area contributed by atoms with Gasteiger partial charge in [0.15, 0.2) is 0 Å². The van der Waals surface area contributed by atoms with Gasteiger partial charge in [-0.1, -0.05) is 36.4 Å². The number of fused-ring (bicyclic) bond motifs is 1. The number of carbonyl (C=O) groups is 1. The van der Waals surface area contributed by atoms with E-state index in [1.807, 2.05) is 67.5 Å². The van der Waals surface area contributed by atoms with Gasteiger partial charge in [0.25, 0.3) is 0 Å². The monoisotopic (exact) mass is 454 g/mol. The molecule has 1 aromatic heterocycles. The van der Waals surface area contributed by atoms with E-state index in [1.54, 1.807) is 0 Å². The number of nitrogens with zero attached hydrogens (tertiary/aromatic N) is 3. The molecule has 4 aromatic rings. The van der Waals surface area contributed by atoms with Crippen LogP contribution in [0.5, 0.6) is 0 Å². The largest absolute Gasteiger partial charge is 0.480 e. The van der Waals surface area contributed by atoms with Gasteiger partial charge in [-0.15, -0.1) is 0 Å². The van der Waals surface area contributed by atoms with Gasteiger partial charge in [0.1, 0.15) is 23.5 Å². The Morgan fingerprint density at radius 2 is 1.62 bits per heavy atom. The second-order valence-corrected chi connectivity index (χ2v) is 8.21. The summed E-state index contributed by atoms with van der Waals surface area (Å²) in [6.07, 6.45) is 0. The van der Waals surface area contributed by atoms with Crippen LogP contribution in [0.1, 0.15) is 12.5 Å². The van der Waals surface area contributed by atoms with Crippen molar-refractivity contribution in [3.8, 4) is 28.5 Å². The lowest BCUT2D eigenvalue weighted by Crippen LogP contribution is -2.26. The number of rotatable bonds is 6. The van der Waals surface area contributed by atoms with Crippen molar-refractivity contribution in [2.24, 2.45) is 0 Å². The zero-order valence-corrected chi connectivity index (χ0v) is 19.0. The predicted molar refractivity (Wildman–Crippen MR) is 132 cm³/mol. The van der Waals surface area contributed by atoms with Crippen molar-refractivity contribution >= 4 is 28.2 Å². The highest BCUT2D eigenvalue weighted by molar-refractivity contribution is 5.99. The van der Waals surface area contributed by atoms with Crippen molar-refractivity contribution in [2.45, 2.75) is 13.0 Å². The first kappa shape index (κ1) is 22.7. The van der Waals surface area contributed by atoms with Gasteiger partial charge in [0.05, 0.1) is 16.9 Å². The molecule has 7 heteroatoms. The molecule has 170 valence electrons. The lowest BCUT2D eigenvalue weighted by molar-refractivity contribution is -0.137. The van der Waals surface area contributed by atoms with E-state index in [2.05, 4.69) is 16.4 Å². The predicted octanol–water partition coefficient (Wildman–Crippen LogP) is 5.53. The molecule has 0 saturated heterocycles. The third-order valence-electron chi connectivity index (χ3n) is 5.67. The number of benzene rings is 3. The summed E-state index contributed by atoms with van der Waals surface area (Å²) in [5.41, 5.74) is 5.13. The van der Waals surface area contributed by atoms with Crippen molar-refractivity contribution in [1.82, 2.24) is 4.98 Å². The molecule has 6 nitrogen and oxygen atoms in total. The first-order valence-corrected chi connectivity index (χ1v) is 10.7. The fraction of sp³-hybridized carbons (Fsp3) is 0.148. The van der Waals surface area contributed by atoms with Crippen LogP contribution in [-0.2, 0) is 4.79 Å². The molecule has 0 spiro atoms. The first-order valence-electron chi connectivity index (χ1n) is 10.7. The molecule has 0 radical (unpaired) electrons. The normalized spacial score (nSPS) is 11.6. The molecule has 1 unspecified atom stereocenters. The van der Waals surface area contributed by atoms with Crippen LogP contribution in [0.4, 0.5) is 15.8 Å². The topological polar surface area (TPSA) is 89.3 Å². The van der Waals surface area contributed by atoms with Crippen LogP contribution in [-0.4, -0.2) is 36.2 Å². The van der Waals surface area contributed by atoms with Gasteiger partial charge in [0.2, 0.25) is 0 Å². The van der Waals surface area contributed by atoms with Gasteiger partial charge >= 0.3 is 5.97 Å². The van der Waals surface area contributed by atoms with E-state index in [0.29, 0.717) is 22.2 Å². The summed E-state index contributed by atoms with van der Waals surface area (Å²) in [7, 11) is 3.98. The maximum absolute atomic E-state index is 14.0. The Morgan fingerprint density at radius 3 is 2.18 bits per heavy atom. The molecule has 34 heavy (non-hydrogen) atoms. The average molecular weight is 455 g/mol. The highest BCUT2D eigenvalue weighted by Gasteiger charge is 2.21. The highest BCUT2D eigenvalue weighted by atomic mass is 19.1. The Kier molecular flexibility index (Phi) is 6.15. The summed E-state index contributed by atoms with van der Waals surface area (Å²) in [5, 5.41) is 22.6. The molecule has 4 rings (SSSR count). The van der Waals surface area contributed by atoms with Crippen molar-refractivity contribution < 1.29 is 14.3 Å². The van der Waals surface area contributed by atoms with E-state index in [9.17, 15) is 19.6 Å². The van der Waals surface area contributed by atoms with Crippen LogP contribution in [0, 0.1) is 17.1 Å². The standard InChI is InChI=1S/C27H23FN4O2/c1-16(27(33)34)30-26-22-14-20(28)10-13-24(22)31-25(23(26)15-29)19-6-4-17(5-7-19)18-8-11-21(12-9-18)32(2)3/h4-14,16H,1-3H3,(H,30,31)(H,33,34).